The quantitative estimate of drug-likeness (QED) is 0.370. The fourth-order valence-electron chi connectivity index (χ4n) is 2.60. The maximum atomic E-state index is 6.32. The summed E-state index contributed by atoms with van der Waals surface area (Å²) in [5.41, 5.74) is 0.341. The Morgan fingerprint density at radius 1 is 0.882 bits per heavy atom. The van der Waals surface area contributed by atoms with E-state index in [1.807, 2.05) is 0 Å². The van der Waals surface area contributed by atoms with Gasteiger partial charge in [-0.05, 0) is 38.9 Å². The molecule has 1 aliphatic rings. The summed E-state index contributed by atoms with van der Waals surface area (Å²) >= 11 is 0. The second-order valence-corrected chi connectivity index (χ2v) is 11.2. The smallest absolute Gasteiger partial charge is 0.184 e. The van der Waals surface area contributed by atoms with E-state index in [0.29, 0.717) is 5.60 Å². The van der Waals surface area contributed by atoms with Crippen molar-refractivity contribution >= 4 is 8.32 Å². The summed E-state index contributed by atoms with van der Waals surface area (Å²) in [6, 6.07) is 0. The molecular formula is C15H32OSi. The van der Waals surface area contributed by atoms with Gasteiger partial charge in [-0.1, -0.05) is 51.9 Å². The summed E-state index contributed by atoms with van der Waals surface area (Å²) in [7, 11) is -1.32. The van der Waals surface area contributed by atoms with Crippen LogP contribution in [0.1, 0.15) is 71.1 Å². The maximum absolute atomic E-state index is 6.32. The first-order chi connectivity index (χ1) is 7.97. The molecule has 1 rings (SSSR count). The van der Waals surface area contributed by atoms with Crippen molar-refractivity contribution in [3.63, 3.8) is 0 Å². The van der Waals surface area contributed by atoms with Gasteiger partial charge in [0.05, 0.1) is 5.60 Å². The topological polar surface area (TPSA) is 9.23 Å². The fourth-order valence-corrected chi connectivity index (χ4v) is 4.20. The van der Waals surface area contributed by atoms with E-state index in [9.17, 15) is 0 Å². The second-order valence-electron chi connectivity index (χ2n) is 6.77. The number of hydrogen-bond donors (Lipinski definition) is 0. The van der Waals surface area contributed by atoms with Crippen molar-refractivity contribution in [2.45, 2.75) is 96.4 Å². The lowest BCUT2D eigenvalue weighted by Gasteiger charge is -2.26. The van der Waals surface area contributed by atoms with Crippen LogP contribution in [0.25, 0.3) is 0 Å². The number of unbranched alkanes of at least 4 members (excludes halogenated alkanes) is 6. The van der Waals surface area contributed by atoms with Crippen molar-refractivity contribution in [2.75, 3.05) is 0 Å². The molecule has 0 atom stereocenters. The maximum Gasteiger partial charge on any atom is 0.184 e. The molecule has 2 heteroatoms. The molecule has 0 aromatic carbocycles. The first-order valence-corrected chi connectivity index (χ1v) is 11.1. The van der Waals surface area contributed by atoms with E-state index in [1.165, 1.54) is 64.2 Å². The Bertz CT molecular complexity index is 203. The Balaban J connectivity index is 1.99. The van der Waals surface area contributed by atoms with E-state index >= 15 is 0 Å². The predicted octanol–water partition coefficient (Wildman–Crippen LogP) is 5.51. The molecule has 102 valence electrons. The van der Waals surface area contributed by atoms with Crippen LogP contribution in [0.2, 0.25) is 19.6 Å². The van der Waals surface area contributed by atoms with Crippen LogP contribution in [-0.4, -0.2) is 13.9 Å². The highest BCUT2D eigenvalue weighted by molar-refractivity contribution is 6.69. The molecule has 0 aromatic heterocycles. The highest BCUT2D eigenvalue weighted by atomic mass is 28.4. The molecular weight excluding hydrogens is 224 g/mol. The third kappa shape index (κ3) is 7.25. The van der Waals surface area contributed by atoms with Crippen LogP contribution in [0.3, 0.4) is 0 Å². The summed E-state index contributed by atoms with van der Waals surface area (Å²) in [5.74, 6) is 0. The summed E-state index contributed by atoms with van der Waals surface area (Å²) in [5, 5.41) is 0. The van der Waals surface area contributed by atoms with Crippen LogP contribution in [0.4, 0.5) is 0 Å². The van der Waals surface area contributed by atoms with E-state index in [2.05, 4.69) is 26.6 Å². The van der Waals surface area contributed by atoms with Crippen molar-refractivity contribution in [1.82, 2.24) is 0 Å². The molecule has 1 aliphatic carbocycles. The van der Waals surface area contributed by atoms with Gasteiger partial charge in [-0.25, -0.2) is 0 Å². The fraction of sp³-hybridized carbons (Fsp3) is 1.00. The molecule has 0 unspecified atom stereocenters. The molecule has 1 saturated carbocycles. The minimum atomic E-state index is -1.32. The first kappa shape index (κ1) is 15.2. The van der Waals surface area contributed by atoms with Gasteiger partial charge >= 0.3 is 0 Å². The highest BCUT2D eigenvalue weighted by Crippen LogP contribution is 2.45. The van der Waals surface area contributed by atoms with Crippen molar-refractivity contribution in [1.29, 1.82) is 0 Å². The SMILES string of the molecule is CCCCCCCCCC1(O[Si](C)(C)C)CC1. The summed E-state index contributed by atoms with van der Waals surface area (Å²) < 4.78 is 6.32. The Hall–Kier alpha value is 0.177. The van der Waals surface area contributed by atoms with E-state index in [4.69, 9.17) is 4.43 Å². The van der Waals surface area contributed by atoms with Crippen LogP contribution in [-0.2, 0) is 4.43 Å². The van der Waals surface area contributed by atoms with Crippen LogP contribution in [0.5, 0.6) is 0 Å². The molecule has 0 amide bonds. The zero-order valence-corrected chi connectivity index (χ0v) is 13.5. The monoisotopic (exact) mass is 256 g/mol. The summed E-state index contributed by atoms with van der Waals surface area (Å²) in [6.07, 6.45) is 13.9. The van der Waals surface area contributed by atoms with Crippen LogP contribution >= 0.6 is 0 Å². The molecule has 1 fully saturated rings. The Morgan fingerprint density at radius 3 is 1.88 bits per heavy atom. The lowest BCUT2D eigenvalue weighted by atomic mass is 10.1. The predicted molar refractivity (Wildman–Crippen MR) is 79.0 cm³/mol. The average molecular weight is 257 g/mol. The van der Waals surface area contributed by atoms with Gasteiger partial charge in [0, 0.05) is 0 Å². The average Bonchev–Trinajstić information content (AvgIpc) is 2.94. The zero-order valence-electron chi connectivity index (χ0n) is 12.5. The van der Waals surface area contributed by atoms with Gasteiger partial charge in [0.2, 0.25) is 0 Å². The molecule has 0 radical (unpaired) electrons. The van der Waals surface area contributed by atoms with Gasteiger partial charge in [0.1, 0.15) is 0 Å². The first-order valence-electron chi connectivity index (χ1n) is 7.68. The minimum Gasteiger partial charge on any atom is -0.412 e. The Morgan fingerprint density at radius 2 is 1.41 bits per heavy atom. The van der Waals surface area contributed by atoms with Gasteiger partial charge in [-0.2, -0.15) is 0 Å². The Labute approximate surface area is 109 Å². The largest absolute Gasteiger partial charge is 0.412 e. The van der Waals surface area contributed by atoms with Crippen molar-refractivity contribution < 1.29 is 4.43 Å². The highest BCUT2D eigenvalue weighted by Gasteiger charge is 2.45. The van der Waals surface area contributed by atoms with Crippen molar-refractivity contribution in [3.8, 4) is 0 Å². The van der Waals surface area contributed by atoms with E-state index < -0.39 is 8.32 Å². The molecule has 1 nitrogen and oxygen atoms in total. The van der Waals surface area contributed by atoms with E-state index in [1.54, 1.807) is 0 Å². The zero-order chi connectivity index (χ0) is 12.8. The molecule has 0 heterocycles. The number of rotatable bonds is 10. The normalized spacial score (nSPS) is 18.4. The molecule has 17 heavy (non-hydrogen) atoms. The molecule has 0 bridgehead atoms. The molecule has 0 aliphatic heterocycles. The molecule has 0 N–H and O–H groups in total. The van der Waals surface area contributed by atoms with Crippen LogP contribution < -0.4 is 0 Å². The third-order valence-corrected chi connectivity index (χ3v) is 4.61. The Kier molecular flexibility index (Phi) is 6.22. The van der Waals surface area contributed by atoms with E-state index in [-0.39, 0.29) is 0 Å². The van der Waals surface area contributed by atoms with Crippen molar-refractivity contribution in [3.05, 3.63) is 0 Å². The lowest BCUT2D eigenvalue weighted by Crippen LogP contribution is -2.33. The van der Waals surface area contributed by atoms with Gasteiger partial charge in [0.25, 0.3) is 0 Å². The second kappa shape index (κ2) is 6.94. The van der Waals surface area contributed by atoms with Crippen molar-refractivity contribution in [2.24, 2.45) is 0 Å². The van der Waals surface area contributed by atoms with Gasteiger partial charge in [-0.15, -0.1) is 0 Å². The van der Waals surface area contributed by atoms with E-state index in [0.717, 1.165) is 0 Å². The van der Waals surface area contributed by atoms with Crippen LogP contribution in [0.15, 0.2) is 0 Å². The molecule has 0 saturated heterocycles. The number of hydrogen-bond acceptors (Lipinski definition) is 1. The lowest BCUT2D eigenvalue weighted by molar-refractivity contribution is 0.156. The van der Waals surface area contributed by atoms with Gasteiger partial charge in [0.15, 0.2) is 8.32 Å². The summed E-state index contributed by atoms with van der Waals surface area (Å²) in [4.78, 5) is 0. The van der Waals surface area contributed by atoms with Crippen LogP contribution in [0, 0.1) is 0 Å². The summed E-state index contributed by atoms with van der Waals surface area (Å²) in [6.45, 7) is 9.23. The standard InChI is InChI=1S/C15H32OSi/c1-5-6-7-8-9-10-11-12-15(13-14-15)16-17(2,3)4/h5-14H2,1-4H3. The van der Waals surface area contributed by atoms with Gasteiger partial charge in [-0.3, -0.25) is 0 Å². The third-order valence-electron chi connectivity index (χ3n) is 3.57. The minimum absolute atomic E-state index is 0.341. The molecule has 0 aromatic rings. The van der Waals surface area contributed by atoms with Gasteiger partial charge < -0.3 is 4.43 Å². The molecule has 0 spiro atoms.